The number of aryl methyl sites for hydroxylation is 2. The maximum atomic E-state index is 12.1. The zero-order valence-electron chi connectivity index (χ0n) is 11.1. The lowest BCUT2D eigenvalue weighted by atomic mass is 10.1. The molecule has 1 aromatic carbocycles. The molecule has 19 heavy (non-hydrogen) atoms. The molecule has 0 saturated heterocycles. The van der Waals surface area contributed by atoms with Gasteiger partial charge in [0.25, 0.3) is 0 Å². The van der Waals surface area contributed by atoms with Gasteiger partial charge >= 0.3 is 0 Å². The minimum Gasteiger partial charge on any atom is -0.350 e. The molecule has 0 saturated carbocycles. The fourth-order valence-corrected chi connectivity index (χ4v) is 2.41. The number of benzene rings is 1. The van der Waals surface area contributed by atoms with Crippen molar-refractivity contribution in [2.75, 3.05) is 12.8 Å². The van der Waals surface area contributed by atoms with Crippen LogP contribution in [0.15, 0.2) is 24.4 Å². The highest BCUT2D eigenvalue weighted by atomic mass is 32.2. The van der Waals surface area contributed by atoms with E-state index in [2.05, 4.69) is 4.72 Å². The average Bonchev–Trinajstić information content (AvgIpc) is 2.62. The molecule has 0 aliphatic rings. The standard InChI is InChI=1S/C13H16N2O3S/c1-9-4-5-12-10(6-9)11(8-15(12)2)13(16)7-14-19(3,17)18/h4-6,8,14H,7H2,1-3H3. The van der Waals surface area contributed by atoms with E-state index in [1.54, 1.807) is 6.20 Å². The van der Waals surface area contributed by atoms with Gasteiger partial charge in [-0.15, -0.1) is 0 Å². The Morgan fingerprint density at radius 3 is 2.68 bits per heavy atom. The van der Waals surface area contributed by atoms with Crippen LogP contribution in [0.5, 0.6) is 0 Å². The lowest BCUT2D eigenvalue weighted by Crippen LogP contribution is -2.28. The van der Waals surface area contributed by atoms with Gasteiger partial charge in [0.1, 0.15) is 0 Å². The molecule has 1 heterocycles. The minimum atomic E-state index is -3.36. The molecule has 2 rings (SSSR count). The number of ketones is 1. The van der Waals surface area contributed by atoms with Crippen molar-refractivity contribution in [3.63, 3.8) is 0 Å². The van der Waals surface area contributed by atoms with Gasteiger partial charge in [-0.25, -0.2) is 13.1 Å². The van der Waals surface area contributed by atoms with Crippen molar-refractivity contribution in [1.29, 1.82) is 0 Å². The smallest absolute Gasteiger partial charge is 0.209 e. The molecule has 2 aromatic rings. The predicted octanol–water partition coefficient (Wildman–Crippen LogP) is 1.22. The Labute approximate surface area is 112 Å². The predicted molar refractivity (Wildman–Crippen MR) is 74.8 cm³/mol. The summed E-state index contributed by atoms with van der Waals surface area (Å²) in [6.07, 6.45) is 2.77. The molecule has 0 amide bonds. The van der Waals surface area contributed by atoms with E-state index in [9.17, 15) is 13.2 Å². The van der Waals surface area contributed by atoms with Gasteiger partial charge in [-0.2, -0.15) is 0 Å². The lowest BCUT2D eigenvalue weighted by Gasteiger charge is -2.01. The van der Waals surface area contributed by atoms with Crippen molar-refractivity contribution < 1.29 is 13.2 Å². The van der Waals surface area contributed by atoms with Gasteiger partial charge in [-0.3, -0.25) is 4.79 Å². The number of carbonyl (C=O) groups excluding carboxylic acids is 1. The highest BCUT2D eigenvalue weighted by Gasteiger charge is 2.15. The zero-order valence-corrected chi connectivity index (χ0v) is 11.9. The number of nitrogens with one attached hydrogen (secondary N) is 1. The SMILES string of the molecule is Cc1ccc2c(c1)c(C(=O)CNS(C)(=O)=O)cn2C. The second kappa shape index (κ2) is 4.79. The normalized spacial score (nSPS) is 11.9. The summed E-state index contributed by atoms with van der Waals surface area (Å²) >= 11 is 0. The van der Waals surface area contributed by atoms with Crippen molar-refractivity contribution >= 4 is 26.7 Å². The van der Waals surface area contributed by atoms with Crippen LogP contribution in [-0.2, 0) is 17.1 Å². The van der Waals surface area contributed by atoms with Crippen LogP contribution in [0.25, 0.3) is 10.9 Å². The number of nitrogens with zero attached hydrogens (tertiary/aromatic N) is 1. The quantitative estimate of drug-likeness (QED) is 0.856. The van der Waals surface area contributed by atoms with E-state index in [-0.39, 0.29) is 12.3 Å². The number of rotatable bonds is 4. The highest BCUT2D eigenvalue weighted by Crippen LogP contribution is 2.22. The van der Waals surface area contributed by atoms with Crippen molar-refractivity contribution in [2.24, 2.45) is 7.05 Å². The molecule has 1 N–H and O–H groups in total. The van der Waals surface area contributed by atoms with Gasteiger partial charge in [0.15, 0.2) is 5.78 Å². The third kappa shape index (κ3) is 3.02. The Morgan fingerprint density at radius 2 is 2.05 bits per heavy atom. The van der Waals surface area contributed by atoms with E-state index < -0.39 is 10.0 Å². The number of Topliss-reactive ketones (excluding diaryl/α,β-unsaturated/α-hetero) is 1. The Bertz CT molecular complexity index is 745. The van der Waals surface area contributed by atoms with E-state index in [4.69, 9.17) is 0 Å². The molecule has 0 bridgehead atoms. The van der Waals surface area contributed by atoms with E-state index in [1.807, 2.05) is 36.7 Å². The average molecular weight is 280 g/mol. The maximum absolute atomic E-state index is 12.1. The fourth-order valence-electron chi connectivity index (χ4n) is 2.02. The van der Waals surface area contributed by atoms with E-state index in [1.165, 1.54) is 0 Å². The first kappa shape index (κ1) is 13.8. The van der Waals surface area contributed by atoms with Crippen molar-refractivity contribution in [3.05, 3.63) is 35.5 Å². The summed E-state index contributed by atoms with van der Waals surface area (Å²) in [5.74, 6) is -0.235. The van der Waals surface area contributed by atoms with E-state index in [0.717, 1.165) is 22.7 Å². The van der Waals surface area contributed by atoms with Crippen molar-refractivity contribution in [2.45, 2.75) is 6.92 Å². The highest BCUT2D eigenvalue weighted by molar-refractivity contribution is 7.88. The summed E-state index contributed by atoms with van der Waals surface area (Å²) < 4.78 is 26.1. The molecule has 6 heteroatoms. The Balaban J connectivity index is 2.40. The molecule has 102 valence electrons. The Hall–Kier alpha value is -1.66. The summed E-state index contributed by atoms with van der Waals surface area (Å²) in [5, 5.41) is 0.850. The molecular formula is C13H16N2O3S. The largest absolute Gasteiger partial charge is 0.350 e. The molecule has 0 aliphatic carbocycles. The van der Waals surface area contributed by atoms with Gasteiger partial charge in [-0.1, -0.05) is 11.6 Å². The fraction of sp³-hybridized carbons (Fsp3) is 0.308. The van der Waals surface area contributed by atoms with Crippen molar-refractivity contribution in [1.82, 2.24) is 9.29 Å². The maximum Gasteiger partial charge on any atom is 0.209 e. The third-order valence-electron chi connectivity index (χ3n) is 2.94. The van der Waals surface area contributed by atoms with Gasteiger partial charge in [0.2, 0.25) is 10.0 Å². The third-order valence-corrected chi connectivity index (χ3v) is 3.61. The van der Waals surface area contributed by atoms with Gasteiger partial charge < -0.3 is 4.57 Å². The van der Waals surface area contributed by atoms with Crippen LogP contribution in [0.2, 0.25) is 0 Å². The molecule has 0 aliphatic heterocycles. The zero-order chi connectivity index (χ0) is 14.2. The first-order valence-electron chi connectivity index (χ1n) is 5.81. The van der Waals surface area contributed by atoms with E-state index >= 15 is 0 Å². The summed E-state index contributed by atoms with van der Waals surface area (Å²) in [4.78, 5) is 12.1. The van der Waals surface area contributed by atoms with Crippen LogP contribution in [0.3, 0.4) is 0 Å². The molecule has 1 aromatic heterocycles. The number of hydrogen-bond acceptors (Lipinski definition) is 3. The number of aromatic nitrogens is 1. The van der Waals surface area contributed by atoms with Crippen LogP contribution in [-0.4, -0.2) is 31.6 Å². The summed E-state index contributed by atoms with van der Waals surface area (Å²) in [7, 11) is -1.50. The molecule has 5 nitrogen and oxygen atoms in total. The minimum absolute atomic E-state index is 0.216. The van der Waals surface area contributed by atoms with E-state index in [0.29, 0.717) is 5.56 Å². The van der Waals surface area contributed by atoms with Crippen LogP contribution in [0.4, 0.5) is 0 Å². The van der Waals surface area contributed by atoms with Crippen LogP contribution in [0, 0.1) is 6.92 Å². The van der Waals surface area contributed by atoms with Crippen LogP contribution < -0.4 is 4.72 Å². The second-order valence-corrected chi connectivity index (χ2v) is 6.52. The van der Waals surface area contributed by atoms with Crippen LogP contribution >= 0.6 is 0 Å². The summed E-state index contributed by atoms with van der Waals surface area (Å²) in [5.41, 5.74) is 2.55. The van der Waals surface area contributed by atoms with Crippen LogP contribution in [0.1, 0.15) is 15.9 Å². The van der Waals surface area contributed by atoms with Gasteiger partial charge in [-0.05, 0) is 19.1 Å². The lowest BCUT2D eigenvalue weighted by molar-refractivity contribution is 0.0998. The molecule has 0 fully saturated rings. The number of carbonyl (C=O) groups is 1. The topological polar surface area (TPSA) is 68.2 Å². The summed E-state index contributed by atoms with van der Waals surface area (Å²) in [6, 6.07) is 5.86. The number of sulfonamides is 1. The monoisotopic (exact) mass is 280 g/mol. The van der Waals surface area contributed by atoms with Gasteiger partial charge in [0.05, 0.1) is 12.8 Å². The first-order valence-corrected chi connectivity index (χ1v) is 7.70. The molecule has 0 spiro atoms. The van der Waals surface area contributed by atoms with Gasteiger partial charge in [0, 0.05) is 29.7 Å². The number of fused-ring (bicyclic) bond motifs is 1. The molecule has 0 atom stereocenters. The summed E-state index contributed by atoms with van der Waals surface area (Å²) in [6.45, 7) is 1.74. The number of hydrogen-bond donors (Lipinski definition) is 1. The van der Waals surface area contributed by atoms with Crippen molar-refractivity contribution in [3.8, 4) is 0 Å². The first-order chi connectivity index (χ1) is 8.78. The molecular weight excluding hydrogens is 264 g/mol. The Kier molecular flexibility index (Phi) is 3.47. The molecule has 0 radical (unpaired) electrons. The Morgan fingerprint density at radius 1 is 1.37 bits per heavy atom. The molecule has 0 unspecified atom stereocenters. The second-order valence-electron chi connectivity index (χ2n) is 4.69.